The number of halogens is 1. The van der Waals surface area contributed by atoms with Gasteiger partial charge in [-0.25, -0.2) is 4.39 Å². The van der Waals surface area contributed by atoms with Gasteiger partial charge < -0.3 is 5.11 Å². The number of aliphatic hydroxyl groups excluding tert-OH is 1. The second-order valence-electron chi connectivity index (χ2n) is 14.9. The fourth-order valence-electron chi connectivity index (χ4n) is 9.37. The largest absolute Gasteiger partial charge is 0.393 e. The molecular weight excluding hydrogens is 505 g/mol. The summed E-state index contributed by atoms with van der Waals surface area (Å²) in [6, 6.07) is 0. The van der Waals surface area contributed by atoms with Crippen LogP contribution in [-0.2, 0) is 0 Å². The molecule has 3 aliphatic rings. The lowest BCUT2D eigenvalue weighted by molar-refractivity contribution is -0.0887. The number of allylic oxidation sites excluding steroid dienone is 2. The quantitative estimate of drug-likeness (QED) is 0.173. The lowest BCUT2D eigenvalue weighted by atomic mass is 9.46. The van der Waals surface area contributed by atoms with Crippen LogP contribution in [0.15, 0.2) is 16.8 Å². The van der Waals surface area contributed by atoms with Crippen molar-refractivity contribution in [1.29, 1.82) is 0 Å². The highest BCUT2D eigenvalue weighted by Gasteiger charge is 2.59. The Morgan fingerprint density at radius 2 is 1.83 bits per heavy atom. The van der Waals surface area contributed by atoms with E-state index in [0.29, 0.717) is 29.6 Å². The van der Waals surface area contributed by atoms with Gasteiger partial charge in [-0.2, -0.15) is 0 Å². The zero-order chi connectivity index (χ0) is 30.6. The van der Waals surface area contributed by atoms with E-state index in [9.17, 15) is 9.50 Å². The van der Waals surface area contributed by atoms with Crippen LogP contribution < -0.4 is 0 Å². The molecule has 3 rings (SSSR count). The molecule has 3 heteroatoms. The van der Waals surface area contributed by atoms with E-state index in [1.165, 1.54) is 63.5 Å². The lowest BCUT2D eigenvalue weighted by Gasteiger charge is -2.58. The summed E-state index contributed by atoms with van der Waals surface area (Å²) in [4.78, 5) is 4.29. The standard InChI is InChI=1S/C29H49FO.C9H17N/c1-7-22-17-24-26(28(5,18-22)15-13-23(30)19-31)14-16-29(6)25(11-12-27(24)29)21(4)10-8-9-20(2)3;1-4-7-9(6-3)10-8-5-2/h1,20-27,31H,8-19H2,2-6H3;6,8H,4-5,7H2,1-3H3/b;9-6-,10-8?. The molecule has 9 atom stereocenters. The number of hydrogen-bond acceptors (Lipinski definition) is 2. The Morgan fingerprint density at radius 1 is 1.10 bits per heavy atom. The highest BCUT2D eigenvalue weighted by atomic mass is 19.1. The molecule has 0 aromatic heterocycles. The molecular formula is C38H66FNO. The van der Waals surface area contributed by atoms with Gasteiger partial charge in [0.2, 0.25) is 0 Å². The third-order valence-electron chi connectivity index (χ3n) is 11.5. The number of fused-ring (bicyclic) bond motifs is 3. The van der Waals surface area contributed by atoms with Gasteiger partial charge in [0.25, 0.3) is 0 Å². The van der Waals surface area contributed by atoms with Gasteiger partial charge in [-0.05, 0) is 117 Å². The molecule has 0 spiro atoms. The minimum absolute atomic E-state index is 0.127. The van der Waals surface area contributed by atoms with Gasteiger partial charge in [0.15, 0.2) is 0 Å². The average molecular weight is 572 g/mol. The summed E-state index contributed by atoms with van der Waals surface area (Å²) in [5.74, 6) is 8.11. The highest BCUT2D eigenvalue weighted by Crippen LogP contribution is 2.67. The van der Waals surface area contributed by atoms with E-state index in [1.807, 2.05) is 13.1 Å². The maximum absolute atomic E-state index is 13.9. The van der Waals surface area contributed by atoms with Crippen molar-refractivity contribution in [2.45, 2.75) is 151 Å². The zero-order valence-electron chi connectivity index (χ0n) is 28.2. The van der Waals surface area contributed by atoms with Crippen LogP contribution in [0.5, 0.6) is 0 Å². The minimum Gasteiger partial charge on any atom is -0.393 e. The second kappa shape index (κ2) is 17.2. The summed E-state index contributed by atoms with van der Waals surface area (Å²) in [7, 11) is 0. The fraction of sp³-hybridized carbons (Fsp3) is 0.868. The second-order valence-corrected chi connectivity index (χ2v) is 14.9. The number of aliphatic imine (C=N–C) groups is 1. The lowest BCUT2D eigenvalue weighted by Crippen LogP contribution is -2.51. The zero-order valence-corrected chi connectivity index (χ0v) is 28.2. The van der Waals surface area contributed by atoms with Crippen LogP contribution in [-0.4, -0.2) is 24.1 Å². The van der Waals surface area contributed by atoms with Crippen LogP contribution in [0, 0.1) is 64.6 Å². The molecule has 236 valence electrons. The van der Waals surface area contributed by atoms with E-state index in [2.05, 4.69) is 65.5 Å². The topological polar surface area (TPSA) is 32.6 Å². The van der Waals surface area contributed by atoms with E-state index in [1.54, 1.807) is 0 Å². The molecule has 2 nitrogen and oxygen atoms in total. The van der Waals surface area contributed by atoms with Crippen molar-refractivity contribution in [2.24, 2.45) is 57.2 Å². The maximum atomic E-state index is 13.9. The van der Waals surface area contributed by atoms with E-state index in [0.717, 1.165) is 49.4 Å². The SMILES string of the molecule is C#CC1CC2C(CCC3(C)C(C(C)CCCC(C)C)CCC23)C(C)(CCC(F)CO)C1.C/C=C(/CCC)N=CCC. The van der Waals surface area contributed by atoms with Crippen LogP contribution in [0.4, 0.5) is 4.39 Å². The van der Waals surface area contributed by atoms with Crippen molar-refractivity contribution in [2.75, 3.05) is 6.61 Å². The number of aliphatic hydroxyl groups is 1. The summed E-state index contributed by atoms with van der Waals surface area (Å²) in [6.45, 7) is 18.2. The number of hydrogen-bond donors (Lipinski definition) is 1. The molecule has 41 heavy (non-hydrogen) atoms. The van der Waals surface area contributed by atoms with E-state index in [-0.39, 0.29) is 12.0 Å². The summed E-state index contributed by atoms with van der Waals surface area (Å²) >= 11 is 0. The predicted octanol–water partition coefficient (Wildman–Crippen LogP) is 10.8. The van der Waals surface area contributed by atoms with E-state index in [4.69, 9.17) is 6.42 Å². The van der Waals surface area contributed by atoms with Crippen LogP contribution in [0.1, 0.15) is 145 Å². The maximum Gasteiger partial charge on any atom is 0.123 e. The fourth-order valence-corrected chi connectivity index (χ4v) is 9.37. The van der Waals surface area contributed by atoms with Gasteiger partial charge in [0.05, 0.1) is 6.61 Å². The van der Waals surface area contributed by atoms with Crippen molar-refractivity contribution in [3.05, 3.63) is 11.8 Å². The molecule has 0 aromatic rings. The third-order valence-corrected chi connectivity index (χ3v) is 11.5. The monoisotopic (exact) mass is 572 g/mol. The molecule has 0 radical (unpaired) electrons. The van der Waals surface area contributed by atoms with Gasteiger partial charge >= 0.3 is 0 Å². The predicted molar refractivity (Wildman–Crippen MR) is 177 cm³/mol. The Hall–Kier alpha value is -1.14. The molecule has 3 fully saturated rings. The molecule has 0 aliphatic heterocycles. The number of rotatable bonds is 13. The molecule has 9 unspecified atom stereocenters. The van der Waals surface area contributed by atoms with Crippen LogP contribution in [0.3, 0.4) is 0 Å². The molecule has 0 saturated heterocycles. The summed E-state index contributed by atoms with van der Waals surface area (Å²) < 4.78 is 13.9. The Labute approximate surface area is 254 Å². The normalized spacial score (nSPS) is 34.9. The van der Waals surface area contributed by atoms with E-state index < -0.39 is 6.17 Å². The van der Waals surface area contributed by atoms with Crippen LogP contribution >= 0.6 is 0 Å². The van der Waals surface area contributed by atoms with Crippen LogP contribution in [0.25, 0.3) is 0 Å². The van der Waals surface area contributed by atoms with Gasteiger partial charge in [0, 0.05) is 17.8 Å². The Bertz CT molecular complexity index is 857. The first-order valence-corrected chi connectivity index (χ1v) is 17.4. The average Bonchev–Trinajstić information content (AvgIpc) is 3.31. The van der Waals surface area contributed by atoms with Crippen molar-refractivity contribution >= 4 is 6.21 Å². The first-order valence-electron chi connectivity index (χ1n) is 17.4. The molecule has 0 bridgehead atoms. The van der Waals surface area contributed by atoms with E-state index >= 15 is 0 Å². The molecule has 3 saturated carbocycles. The Balaban J connectivity index is 0.000000503. The van der Waals surface area contributed by atoms with Crippen molar-refractivity contribution in [1.82, 2.24) is 0 Å². The highest BCUT2D eigenvalue weighted by molar-refractivity contribution is 5.58. The third kappa shape index (κ3) is 9.68. The Morgan fingerprint density at radius 3 is 2.41 bits per heavy atom. The minimum atomic E-state index is -1.09. The van der Waals surface area contributed by atoms with Crippen molar-refractivity contribution in [3.63, 3.8) is 0 Å². The summed E-state index contributed by atoms with van der Waals surface area (Å²) in [5, 5.41) is 9.20. The first-order chi connectivity index (χ1) is 19.5. The first kappa shape index (κ1) is 36.1. The summed E-state index contributed by atoms with van der Waals surface area (Å²) in [5.41, 5.74) is 1.80. The molecule has 0 amide bonds. The summed E-state index contributed by atoms with van der Waals surface area (Å²) in [6.07, 6.45) is 25.3. The molecule has 3 aliphatic carbocycles. The van der Waals surface area contributed by atoms with Gasteiger partial charge in [-0.1, -0.05) is 80.2 Å². The number of terminal acetylenes is 1. The number of alkyl halides is 1. The molecule has 0 aromatic carbocycles. The molecule has 1 N–H and O–H groups in total. The van der Waals surface area contributed by atoms with Gasteiger partial charge in [-0.15, -0.1) is 12.3 Å². The Kier molecular flexibility index (Phi) is 15.1. The van der Waals surface area contributed by atoms with Crippen LogP contribution in [0.2, 0.25) is 0 Å². The molecule has 0 heterocycles. The smallest absolute Gasteiger partial charge is 0.123 e. The van der Waals surface area contributed by atoms with Gasteiger partial charge in [0.1, 0.15) is 6.17 Å². The van der Waals surface area contributed by atoms with Crippen molar-refractivity contribution < 1.29 is 9.50 Å². The van der Waals surface area contributed by atoms with Gasteiger partial charge in [-0.3, -0.25) is 4.99 Å². The number of nitrogens with zero attached hydrogens (tertiary/aromatic N) is 1. The van der Waals surface area contributed by atoms with Crippen molar-refractivity contribution in [3.8, 4) is 12.3 Å².